The van der Waals surface area contributed by atoms with Crippen LogP contribution in [0.2, 0.25) is 0 Å². The quantitative estimate of drug-likeness (QED) is 0.294. The summed E-state index contributed by atoms with van der Waals surface area (Å²) < 4.78 is 80.8. The number of carbonyl (C=O) groups is 4. The Labute approximate surface area is 306 Å². The molecule has 17 heteroatoms. The van der Waals surface area contributed by atoms with Crippen LogP contribution in [0.3, 0.4) is 0 Å². The molecule has 1 aromatic heterocycles. The van der Waals surface area contributed by atoms with Gasteiger partial charge >= 0.3 is 12.3 Å². The molecule has 3 fully saturated rings. The number of aryl methyl sites for hydroxylation is 1. The molecule has 53 heavy (non-hydrogen) atoms. The summed E-state index contributed by atoms with van der Waals surface area (Å²) in [6.45, 7) is 15.2. The molecule has 1 aromatic carbocycles. The molecule has 2 aromatic rings. The van der Waals surface area contributed by atoms with Crippen LogP contribution in [0.25, 0.3) is 10.9 Å². The second-order valence-electron chi connectivity index (χ2n) is 16.1. The molecule has 0 bridgehead atoms. The van der Waals surface area contributed by atoms with E-state index >= 15 is 0 Å². The number of halogens is 3. The van der Waals surface area contributed by atoms with Crippen LogP contribution in [-0.4, -0.2) is 83.2 Å². The van der Waals surface area contributed by atoms with Crippen molar-refractivity contribution in [3.05, 3.63) is 48.2 Å². The zero-order valence-corrected chi connectivity index (χ0v) is 31.5. The Balaban J connectivity index is 1.50. The standard InChI is InChI=1S/C36H46F3N5O8S/c1-9-20-17-35(20,31(47)43-53(49,50)22-11-12-22)42-29(45)25-15-21(18-44(25)30(46)28(33(3,4)5)41-32(48)52-34(6,7)8)51-26-16-27(36(37,38)39)40-24-13-10-19(2)14-23(24)26/h9-10,13-14,16,20-22,25,28H,1,11-12,15,17-18H2,2-8H3,(H,41,48)(H,42,45)(H,43,47). The maximum absolute atomic E-state index is 14.4. The Kier molecular flexibility index (Phi) is 10.3. The molecule has 0 spiro atoms. The van der Waals surface area contributed by atoms with Gasteiger partial charge in [-0.15, -0.1) is 6.58 Å². The number of alkyl halides is 3. The fourth-order valence-corrected chi connectivity index (χ4v) is 7.73. The normalized spacial score (nSPS) is 23.9. The number of nitrogens with zero attached hydrogens (tertiary/aromatic N) is 2. The lowest BCUT2D eigenvalue weighted by molar-refractivity contribution is -0.143. The van der Waals surface area contributed by atoms with Gasteiger partial charge in [0.05, 0.1) is 17.3 Å². The number of pyridine rings is 1. The van der Waals surface area contributed by atoms with Crippen molar-refractivity contribution in [1.82, 2.24) is 25.2 Å². The number of rotatable bonds is 10. The molecule has 3 N–H and O–H groups in total. The number of benzene rings is 1. The number of sulfonamides is 1. The Morgan fingerprint density at radius 3 is 2.28 bits per heavy atom. The molecule has 0 radical (unpaired) electrons. The van der Waals surface area contributed by atoms with Gasteiger partial charge in [-0.05, 0) is 64.5 Å². The lowest BCUT2D eigenvalue weighted by atomic mass is 9.85. The first kappa shape index (κ1) is 39.8. The number of hydrogen-bond acceptors (Lipinski definition) is 9. The second kappa shape index (κ2) is 13.8. The summed E-state index contributed by atoms with van der Waals surface area (Å²) in [6.07, 6.45) is -4.71. The Morgan fingerprint density at radius 1 is 1.08 bits per heavy atom. The molecule has 5 rings (SSSR count). The summed E-state index contributed by atoms with van der Waals surface area (Å²) in [5.74, 6) is -3.28. The van der Waals surface area contributed by atoms with Crippen LogP contribution >= 0.6 is 0 Å². The van der Waals surface area contributed by atoms with Gasteiger partial charge in [0.25, 0.3) is 5.91 Å². The van der Waals surface area contributed by atoms with Crippen molar-refractivity contribution < 1.29 is 50.2 Å². The highest BCUT2D eigenvalue weighted by Crippen LogP contribution is 2.46. The molecule has 2 heterocycles. The number of hydrogen-bond donors (Lipinski definition) is 3. The van der Waals surface area contributed by atoms with Crippen LogP contribution in [-0.2, 0) is 35.3 Å². The number of aromatic nitrogens is 1. The van der Waals surface area contributed by atoms with Gasteiger partial charge in [0.15, 0.2) is 0 Å². The van der Waals surface area contributed by atoms with Crippen LogP contribution in [0.4, 0.5) is 18.0 Å². The monoisotopic (exact) mass is 765 g/mol. The average molecular weight is 766 g/mol. The van der Waals surface area contributed by atoms with Gasteiger partial charge in [-0.1, -0.05) is 38.5 Å². The molecule has 5 unspecified atom stereocenters. The number of likely N-dealkylation sites (tertiary alicyclic amines) is 1. The number of carbonyl (C=O) groups excluding carboxylic acids is 4. The Hall–Kier alpha value is -4.41. The molecule has 4 amide bonds. The highest BCUT2D eigenvalue weighted by atomic mass is 32.2. The predicted molar refractivity (Wildman–Crippen MR) is 188 cm³/mol. The molecule has 2 aliphatic carbocycles. The minimum atomic E-state index is -4.81. The Morgan fingerprint density at radius 2 is 1.74 bits per heavy atom. The zero-order chi connectivity index (χ0) is 39.5. The number of alkyl carbamates (subject to hydrolysis) is 1. The van der Waals surface area contributed by atoms with Crippen LogP contribution in [0, 0.1) is 18.3 Å². The van der Waals surface area contributed by atoms with Crippen LogP contribution in [0.5, 0.6) is 5.75 Å². The summed E-state index contributed by atoms with van der Waals surface area (Å²) in [4.78, 5) is 59.9. The largest absolute Gasteiger partial charge is 0.488 e. The maximum Gasteiger partial charge on any atom is 0.433 e. The van der Waals surface area contributed by atoms with Crippen molar-refractivity contribution in [2.24, 2.45) is 11.3 Å². The van der Waals surface area contributed by atoms with Gasteiger partial charge in [-0.3, -0.25) is 19.1 Å². The highest BCUT2D eigenvalue weighted by molar-refractivity contribution is 7.91. The number of fused-ring (bicyclic) bond motifs is 1. The topological polar surface area (TPSA) is 173 Å². The van der Waals surface area contributed by atoms with E-state index in [9.17, 15) is 40.8 Å². The van der Waals surface area contributed by atoms with Crippen molar-refractivity contribution in [3.8, 4) is 5.75 Å². The van der Waals surface area contributed by atoms with Crippen LogP contribution < -0.4 is 20.1 Å². The highest BCUT2D eigenvalue weighted by Gasteiger charge is 2.62. The summed E-state index contributed by atoms with van der Waals surface area (Å²) in [5, 5.41) is 4.84. The number of ether oxygens (including phenoxy) is 2. The first-order valence-electron chi connectivity index (χ1n) is 17.3. The van der Waals surface area contributed by atoms with E-state index in [0.717, 1.165) is 16.5 Å². The molecule has 290 valence electrons. The van der Waals surface area contributed by atoms with E-state index < -0.39 is 91.6 Å². The maximum atomic E-state index is 14.4. The average Bonchev–Trinajstić information content (AvgIpc) is 3.94. The number of amides is 4. The predicted octanol–water partition coefficient (Wildman–Crippen LogP) is 4.52. The third-order valence-corrected chi connectivity index (χ3v) is 11.2. The van der Waals surface area contributed by atoms with Crippen molar-refractivity contribution in [1.29, 1.82) is 0 Å². The SMILES string of the molecule is C=CC1CC1(NC(=O)C1CC(Oc2cc(C(F)(F)F)nc3ccc(C)cc23)CN1C(=O)C(NC(=O)OC(C)(C)C)C(C)(C)C)C(=O)NS(=O)(=O)C1CC1. The van der Waals surface area contributed by atoms with E-state index in [1.165, 1.54) is 12.1 Å². The molecule has 1 aliphatic heterocycles. The first-order chi connectivity index (χ1) is 24.3. The van der Waals surface area contributed by atoms with Gasteiger partial charge in [-0.2, -0.15) is 13.2 Å². The van der Waals surface area contributed by atoms with Gasteiger partial charge in [-0.25, -0.2) is 18.2 Å². The zero-order valence-electron chi connectivity index (χ0n) is 30.7. The second-order valence-corrected chi connectivity index (χ2v) is 18.1. The van der Waals surface area contributed by atoms with Gasteiger partial charge in [0, 0.05) is 23.8 Å². The summed E-state index contributed by atoms with van der Waals surface area (Å²) in [5.41, 5.74) is -3.96. The molecule has 1 saturated heterocycles. The van der Waals surface area contributed by atoms with E-state index in [2.05, 4.69) is 26.9 Å². The molecule has 5 atom stereocenters. The third-order valence-electron chi connectivity index (χ3n) is 9.38. The van der Waals surface area contributed by atoms with Crippen molar-refractivity contribution in [3.63, 3.8) is 0 Å². The van der Waals surface area contributed by atoms with Gasteiger partial charge in [0.2, 0.25) is 21.8 Å². The first-order valence-corrected chi connectivity index (χ1v) is 18.8. The fraction of sp³-hybridized carbons (Fsp3) is 0.583. The third kappa shape index (κ3) is 8.87. The lowest BCUT2D eigenvalue weighted by Crippen LogP contribution is -2.60. The van der Waals surface area contributed by atoms with E-state index in [4.69, 9.17) is 9.47 Å². The van der Waals surface area contributed by atoms with Crippen molar-refractivity contribution >= 4 is 44.7 Å². The van der Waals surface area contributed by atoms with E-state index in [-0.39, 0.29) is 36.0 Å². The molecular formula is C36H46F3N5O8S. The van der Waals surface area contributed by atoms with Gasteiger partial charge < -0.3 is 25.0 Å². The molecule has 13 nitrogen and oxygen atoms in total. The minimum absolute atomic E-state index is 0.0216. The number of nitrogens with one attached hydrogen (secondary N) is 3. The van der Waals surface area contributed by atoms with E-state index in [0.29, 0.717) is 12.8 Å². The minimum Gasteiger partial charge on any atom is -0.488 e. The smallest absolute Gasteiger partial charge is 0.433 e. The fourth-order valence-electron chi connectivity index (χ4n) is 6.36. The van der Waals surface area contributed by atoms with Crippen LogP contribution in [0.15, 0.2) is 36.9 Å². The van der Waals surface area contributed by atoms with Crippen LogP contribution in [0.1, 0.15) is 78.5 Å². The lowest BCUT2D eigenvalue weighted by Gasteiger charge is -2.36. The molecular weight excluding hydrogens is 719 g/mol. The van der Waals surface area contributed by atoms with Gasteiger partial charge in [0.1, 0.15) is 40.8 Å². The summed E-state index contributed by atoms with van der Waals surface area (Å²) in [6, 6.07) is 2.81. The van der Waals surface area contributed by atoms with Crippen molar-refractivity contribution in [2.75, 3.05) is 6.54 Å². The van der Waals surface area contributed by atoms with E-state index in [1.54, 1.807) is 60.6 Å². The molecule has 3 aliphatic rings. The van der Waals surface area contributed by atoms with E-state index in [1.807, 2.05) is 0 Å². The van der Waals surface area contributed by atoms with Crippen molar-refractivity contribution in [2.45, 2.75) is 115 Å². The summed E-state index contributed by atoms with van der Waals surface area (Å²) in [7, 11) is -3.98. The Bertz CT molecular complexity index is 1940. The summed E-state index contributed by atoms with van der Waals surface area (Å²) >= 11 is 0. The molecule has 2 saturated carbocycles.